The second-order valence-electron chi connectivity index (χ2n) is 8.66. The lowest BCUT2D eigenvalue weighted by Crippen LogP contribution is -2.24. The van der Waals surface area contributed by atoms with E-state index in [1.807, 2.05) is 37.3 Å². The molecule has 0 saturated heterocycles. The van der Waals surface area contributed by atoms with E-state index in [4.69, 9.17) is 37.5 Å². The Labute approximate surface area is 230 Å². The SMILES string of the molecule is Cc1oc(-c2ccccc2)nc1CCOc1ccc(CCC(=O)O)c(C(=O)NCc2cc(Cl)cc(Cl)c2)c1. The molecule has 9 heteroatoms. The number of aryl methyl sites for hydroxylation is 2. The van der Waals surface area contributed by atoms with Gasteiger partial charge in [-0.3, -0.25) is 9.59 Å². The molecule has 0 saturated carbocycles. The number of carboxylic acids is 1. The van der Waals surface area contributed by atoms with E-state index in [0.29, 0.717) is 45.8 Å². The van der Waals surface area contributed by atoms with Gasteiger partial charge in [0.1, 0.15) is 11.5 Å². The monoisotopic (exact) mass is 552 g/mol. The minimum absolute atomic E-state index is 0.0977. The molecule has 0 fully saturated rings. The molecule has 3 aromatic carbocycles. The molecule has 1 heterocycles. The van der Waals surface area contributed by atoms with Crippen LogP contribution in [0.3, 0.4) is 0 Å². The quantitative estimate of drug-likeness (QED) is 0.219. The summed E-state index contributed by atoms with van der Waals surface area (Å²) in [5, 5.41) is 12.9. The van der Waals surface area contributed by atoms with Gasteiger partial charge in [-0.05, 0) is 66.9 Å². The molecule has 0 spiro atoms. The van der Waals surface area contributed by atoms with Crippen LogP contribution in [-0.4, -0.2) is 28.6 Å². The van der Waals surface area contributed by atoms with E-state index >= 15 is 0 Å². The molecule has 38 heavy (non-hydrogen) atoms. The number of ether oxygens (including phenoxy) is 1. The Kier molecular flexibility index (Phi) is 9.05. The van der Waals surface area contributed by atoms with Crippen LogP contribution in [0.15, 0.2) is 71.1 Å². The summed E-state index contributed by atoms with van der Waals surface area (Å²) in [6.45, 7) is 2.39. The Hall–Kier alpha value is -3.81. The zero-order valence-electron chi connectivity index (χ0n) is 20.7. The second kappa shape index (κ2) is 12.6. The van der Waals surface area contributed by atoms with E-state index in [1.165, 1.54) is 0 Å². The van der Waals surface area contributed by atoms with Crippen molar-refractivity contribution in [3.8, 4) is 17.2 Å². The average Bonchev–Trinajstić information content (AvgIpc) is 3.26. The number of aliphatic carboxylic acids is 1. The highest BCUT2D eigenvalue weighted by molar-refractivity contribution is 6.34. The maximum atomic E-state index is 13.1. The van der Waals surface area contributed by atoms with Crippen LogP contribution in [0.25, 0.3) is 11.5 Å². The number of aromatic nitrogens is 1. The normalized spacial score (nSPS) is 10.8. The van der Waals surface area contributed by atoms with Gasteiger partial charge in [-0.1, -0.05) is 47.5 Å². The van der Waals surface area contributed by atoms with Crippen molar-refractivity contribution in [2.24, 2.45) is 0 Å². The highest BCUT2D eigenvalue weighted by Gasteiger charge is 2.16. The maximum Gasteiger partial charge on any atom is 0.303 e. The predicted octanol–water partition coefficient (Wildman–Crippen LogP) is 6.53. The molecule has 0 radical (unpaired) electrons. The summed E-state index contributed by atoms with van der Waals surface area (Å²) in [5.41, 5.74) is 3.39. The molecule has 0 aliphatic rings. The molecule has 1 aromatic heterocycles. The van der Waals surface area contributed by atoms with Gasteiger partial charge in [-0.2, -0.15) is 0 Å². The Morgan fingerprint density at radius 1 is 1.00 bits per heavy atom. The fraction of sp³-hybridized carbons (Fsp3) is 0.207. The van der Waals surface area contributed by atoms with Gasteiger partial charge >= 0.3 is 5.97 Å². The predicted molar refractivity (Wildman–Crippen MR) is 146 cm³/mol. The van der Waals surface area contributed by atoms with E-state index in [2.05, 4.69) is 10.3 Å². The molecule has 1 amide bonds. The van der Waals surface area contributed by atoms with Crippen molar-refractivity contribution in [3.63, 3.8) is 0 Å². The maximum absolute atomic E-state index is 13.1. The smallest absolute Gasteiger partial charge is 0.303 e. The topological polar surface area (TPSA) is 102 Å². The number of carbonyl (C=O) groups is 2. The number of carbonyl (C=O) groups excluding carboxylic acids is 1. The third-order valence-corrected chi connectivity index (χ3v) is 6.27. The van der Waals surface area contributed by atoms with Gasteiger partial charge in [0, 0.05) is 40.6 Å². The minimum Gasteiger partial charge on any atom is -0.493 e. The molecule has 196 valence electrons. The number of carboxylic acid groups (broad SMARTS) is 1. The first-order chi connectivity index (χ1) is 18.3. The van der Waals surface area contributed by atoms with Crippen molar-refractivity contribution in [2.45, 2.75) is 32.7 Å². The van der Waals surface area contributed by atoms with Gasteiger partial charge in [-0.25, -0.2) is 4.98 Å². The van der Waals surface area contributed by atoms with Crippen molar-refractivity contribution in [1.29, 1.82) is 0 Å². The first kappa shape index (κ1) is 27.2. The molecule has 0 unspecified atom stereocenters. The highest BCUT2D eigenvalue weighted by Crippen LogP contribution is 2.24. The summed E-state index contributed by atoms with van der Waals surface area (Å²) in [7, 11) is 0. The van der Waals surface area contributed by atoms with Crippen LogP contribution in [0.1, 0.15) is 39.4 Å². The number of hydrogen-bond acceptors (Lipinski definition) is 5. The van der Waals surface area contributed by atoms with E-state index in [0.717, 1.165) is 22.6 Å². The number of oxazole rings is 1. The van der Waals surface area contributed by atoms with Gasteiger partial charge in [0.25, 0.3) is 5.91 Å². The van der Waals surface area contributed by atoms with Crippen LogP contribution in [0.2, 0.25) is 10.0 Å². The lowest BCUT2D eigenvalue weighted by molar-refractivity contribution is -0.136. The largest absolute Gasteiger partial charge is 0.493 e. The van der Waals surface area contributed by atoms with Crippen molar-refractivity contribution >= 4 is 35.1 Å². The lowest BCUT2D eigenvalue weighted by Gasteiger charge is -2.13. The van der Waals surface area contributed by atoms with Gasteiger partial charge in [0.15, 0.2) is 0 Å². The zero-order valence-corrected chi connectivity index (χ0v) is 22.2. The van der Waals surface area contributed by atoms with Gasteiger partial charge in [0.05, 0.1) is 12.3 Å². The molecule has 0 aliphatic heterocycles. The number of rotatable bonds is 11. The Morgan fingerprint density at radius 2 is 1.74 bits per heavy atom. The summed E-state index contributed by atoms with van der Waals surface area (Å²) in [5.74, 6) is 0.470. The number of benzene rings is 3. The van der Waals surface area contributed by atoms with Crippen LogP contribution in [-0.2, 0) is 24.2 Å². The zero-order chi connectivity index (χ0) is 27.1. The summed E-state index contributed by atoms with van der Waals surface area (Å²) in [4.78, 5) is 28.8. The van der Waals surface area contributed by atoms with Crippen LogP contribution < -0.4 is 10.1 Å². The third-order valence-electron chi connectivity index (χ3n) is 5.83. The molecule has 0 atom stereocenters. The fourth-order valence-corrected chi connectivity index (χ4v) is 4.51. The van der Waals surface area contributed by atoms with Crippen molar-refractivity contribution in [2.75, 3.05) is 6.61 Å². The van der Waals surface area contributed by atoms with Gasteiger partial charge < -0.3 is 19.6 Å². The van der Waals surface area contributed by atoms with E-state index in [9.17, 15) is 9.59 Å². The molecule has 0 bridgehead atoms. The van der Waals surface area contributed by atoms with Crippen molar-refractivity contribution in [3.05, 3.63) is 105 Å². The van der Waals surface area contributed by atoms with E-state index in [1.54, 1.807) is 36.4 Å². The summed E-state index contributed by atoms with van der Waals surface area (Å²) >= 11 is 12.1. The fourth-order valence-electron chi connectivity index (χ4n) is 3.94. The van der Waals surface area contributed by atoms with Crippen LogP contribution >= 0.6 is 23.2 Å². The number of nitrogens with one attached hydrogen (secondary N) is 1. The molecule has 2 N–H and O–H groups in total. The minimum atomic E-state index is -0.942. The molecule has 0 aliphatic carbocycles. The van der Waals surface area contributed by atoms with E-state index in [-0.39, 0.29) is 25.3 Å². The van der Waals surface area contributed by atoms with Gasteiger partial charge in [-0.15, -0.1) is 0 Å². The highest BCUT2D eigenvalue weighted by atomic mass is 35.5. The van der Waals surface area contributed by atoms with Crippen LogP contribution in [0, 0.1) is 6.92 Å². The summed E-state index contributed by atoms with van der Waals surface area (Å²) < 4.78 is 11.7. The molecule has 4 aromatic rings. The average molecular weight is 553 g/mol. The third kappa shape index (κ3) is 7.37. The number of halogens is 2. The number of amides is 1. The summed E-state index contributed by atoms with van der Waals surface area (Å²) in [6.07, 6.45) is 0.626. The molecular weight excluding hydrogens is 527 g/mol. The Balaban J connectivity index is 1.44. The molecular formula is C29H26Cl2N2O5. The van der Waals surface area contributed by atoms with Crippen molar-refractivity contribution < 1.29 is 23.8 Å². The first-order valence-corrected chi connectivity index (χ1v) is 12.8. The van der Waals surface area contributed by atoms with Crippen LogP contribution in [0.5, 0.6) is 5.75 Å². The van der Waals surface area contributed by atoms with Crippen molar-refractivity contribution in [1.82, 2.24) is 10.3 Å². The lowest BCUT2D eigenvalue weighted by atomic mass is 10.0. The Morgan fingerprint density at radius 3 is 2.45 bits per heavy atom. The first-order valence-electron chi connectivity index (χ1n) is 12.0. The molecule has 7 nitrogen and oxygen atoms in total. The molecule has 4 rings (SSSR count). The summed E-state index contributed by atoms with van der Waals surface area (Å²) in [6, 6.07) is 19.8. The van der Waals surface area contributed by atoms with Gasteiger partial charge in [0.2, 0.25) is 5.89 Å². The standard InChI is InChI=1S/C29H26Cl2N2O5/c1-18-26(33-29(38-18)21-5-3-2-4-6-21)11-12-37-24-9-7-20(8-10-27(34)35)25(16-24)28(36)32-17-19-13-22(30)15-23(31)14-19/h2-7,9,13-16H,8,10-12,17H2,1H3,(H,32,36)(H,34,35). The number of hydrogen-bond donors (Lipinski definition) is 2. The number of nitrogens with zero attached hydrogens (tertiary/aromatic N) is 1. The second-order valence-corrected chi connectivity index (χ2v) is 9.53. The Bertz CT molecular complexity index is 1420. The van der Waals surface area contributed by atoms with E-state index < -0.39 is 5.97 Å². The van der Waals surface area contributed by atoms with Crippen LogP contribution in [0.4, 0.5) is 0 Å².